The van der Waals surface area contributed by atoms with E-state index in [1.165, 1.54) is 24.3 Å². The van der Waals surface area contributed by atoms with Gasteiger partial charge in [-0.2, -0.15) is 0 Å². The molecule has 0 heterocycles. The first-order valence-corrected chi connectivity index (χ1v) is 9.93. The second-order valence-electron chi connectivity index (χ2n) is 7.04. The number of benzene rings is 3. The Morgan fingerprint density at radius 3 is 2.13 bits per heavy atom. The Bertz CT molecular complexity index is 1250. The first-order chi connectivity index (χ1) is 14.9. The molecule has 7 heteroatoms. The molecule has 4 rings (SSSR count). The molecule has 1 aliphatic rings. The summed E-state index contributed by atoms with van der Waals surface area (Å²) in [6.07, 6.45) is -0.126. The molecule has 0 atom stereocenters. The number of anilines is 1. The van der Waals surface area contributed by atoms with Gasteiger partial charge < -0.3 is 5.32 Å². The van der Waals surface area contributed by atoms with Gasteiger partial charge in [0.15, 0.2) is 17.3 Å². The number of amides is 1. The molecule has 1 amide bonds. The molecule has 31 heavy (non-hydrogen) atoms. The fraction of sp³-hybridized carbons (Fsp3) is 0.0833. The van der Waals surface area contributed by atoms with E-state index in [1.54, 1.807) is 24.3 Å². The van der Waals surface area contributed by atoms with Crippen LogP contribution in [0.3, 0.4) is 0 Å². The van der Waals surface area contributed by atoms with Gasteiger partial charge in [-0.05, 0) is 35.9 Å². The van der Waals surface area contributed by atoms with Crippen molar-refractivity contribution in [3.63, 3.8) is 0 Å². The molecule has 0 fully saturated rings. The van der Waals surface area contributed by atoms with E-state index < -0.39 is 17.5 Å². The summed E-state index contributed by atoms with van der Waals surface area (Å²) < 4.78 is 13.2. The number of carbonyl (C=O) groups excluding carboxylic acids is 4. The van der Waals surface area contributed by atoms with Crippen LogP contribution in [0.1, 0.15) is 47.8 Å². The average molecular weight is 436 g/mol. The van der Waals surface area contributed by atoms with Crippen molar-refractivity contribution in [2.45, 2.75) is 6.42 Å². The Morgan fingerprint density at radius 2 is 1.48 bits per heavy atom. The lowest BCUT2D eigenvalue weighted by Crippen LogP contribution is -2.25. The zero-order valence-electron chi connectivity index (χ0n) is 16.1. The second kappa shape index (κ2) is 8.24. The van der Waals surface area contributed by atoms with Gasteiger partial charge in [-0.15, -0.1) is 11.6 Å². The zero-order chi connectivity index (χ0) is 22.1. The largest absolute Gasteiger partial charge is 0.321 e. The van der Waals surface area contributed by atoms with Gasteiger partial charge >= 0.3 is 0 Å². The van der Waals surface area contributed by atoms with Gasteiger partial charge in [0.25, 0.3) is 5.91 Å². The van der Waals surface area contributed by atoms with E-state index in [9.17, 15) is 23.6 Å². The number of hydrogen-bond acceptors (Lipinski definition) is 4. The van der Waals surface area contributed by atoms with Crippen LogP contribution >= 0.6 is 11.6 Å². The average Bonchev–Trinajstić information content (AvgIpc) is 2.78. The second-order valence-corrected chi connectivity index (χ2v) is 7.30. The lowest BCUT2D eigenvalue weighted by atomic mass is 9.81. The number of carbonyl (C=O) groups is 4. The standard InChI is InChI=1S/C24H15ClFNO4/c25-12-16(28)11-14-7-10-19-20(23(30)18-4-2-1-3-17(18)22(19)29)21(14)27-24(31)13-5-8-15(26)9-6-13/h1-10H,11-12H2,(H,27,31). The van der Waals surface area contributed by atoms with E-state index in [-0.39, 0.29) is 57.4 Å². The Kier molecular flexibility index (Phi) is 5.48. The smallest absolute Gasteiger partial charge is 0.255 e. The maximum absolute atomic E-state index is 13.3. The van der Waals surface area contributed by atoms with Crippen LogP contribution in [0.4, 0.5) is 10.1 Å². The summed E-state index contributed by atoms with van der Waals surface area (Å²) in [4.78, 5) is 51.1. The van der Waals surface area contributed by atoms with Crippen molar-refractivity contribution in [3.05, 3.63) is 99.9 Å². The van der Waals surface area contributed by atoms with Gasteiger partial charge in [0.1, 0.15) is 5.82 Å². The summed E-state index contributed by atoms with van der Waals surface area (Å²) in [6.45, 7) is 0. The van der Waals surface area contributed by atoms with Gasteiger partial charge in [0, 0.05) is 28.7 Å². The van der Waals surface area contributed by atoms with Crippen molar-refractivity contribution in [2.75, 3.05) is 11.2 Å². The number of ketones is 3. The first kappa shape index (κ1) is 20.6. The molecule has 0 unspecified atom stereocenters. The summed E-state index contributed by atoms with van der Waals surface area (Å²) in [6, 6.07) is 14.3. The number of fused-ring (bicyclic) bond motifs is 2. The molecule has 0 spiro atoms. The van der Waals surface area contributed by atoms with Crippen LogP contribution in [0.15, 0.2) is 60.7 Å². The van der Waals surface area contributed by atoms with Crippen LogP contribution in [-0.2, 0) is 11.2 Å². The minimum absolute atomic E-state index is 0.0269. The van der Waals surface area contributed by atoms with Gasteiger partial charge in [-0.3, -0.25) is 19.2 Å². The van der Waals surface area contributed by atoms with Crippen LogP contribution in [-0.4, -0.2) is 29.1 Å². The van der Waals surface area contributed by atoms with Crippen molar-refractivity contribution >= 4 is 40.5 Å². The highest BCUT2D eigenvalue weighted by molar-refractivity contribution is 6.31. The van der Waals surface area contributed by atoms with Crippen molar-refractivity contribution in [3.8, 4) is 0 Å². The fourth-order valence-corrected chi connectivity index (χ4v) is 3.66. The molecule has 1 N–H and O–H groups in total. The summed E-state index contributed by atoms with van der Waals surface area (Å²) in [5.74, 6) is -2.43. The van der Waals surface area contributed by atoms with Crippen LogP contribution in [0.2, 0.25) is 0 Å². The molecule has 3 aromatic rings. The molecule has 3 aromatic carbocycles. The van der Waals surface area contributed by atoms with E-state index in [2.05, 4.69) is 5.32 Å². The van der Waals surface area contributed by atoms with Gasteiger partial charge in [-0.25, -0.2) is 4.39 Å². The quantitative estimate of drug-likeness (QED) is 0.476. The Morgan fingerprint density at radius 1 is 0.839 bits per heavy atom. The van der Waals surface area contributed by atoms with Crippen molar-refractivity contribution < 1.29 is 23.6 Å². The Hall–Kier alpha value is -3.64. The molecular formula is C24H15ClFNO4. The third kappa shape index (κ3) is 3.78. The van der Waals surface area contributed by atoms with E-state index in [1.807, 2.05) is 0 Å². The lowest BCUT2D eigenvalue weighted by Gasteiger charge is -2.22. The molecule has 0 radical (unpaired) electrons. The van der Waals surface area contributed by atoms with Crippen molar-refractivity contribution in [1.29, 1.82) is 0 Å². The summed E-state index contributed by atoms with van der Waals surface area (Å²) in [7, 11) is 0. The Labute approximate surface area is 181 Å². The number of rotatable bonds is 5. The van der Waals surface area contributed by atoms with E-state index in [0.29, 0.717) is 5.56 Å². The van der Waals surface area contributed by atoms with Crippen LogP contribution in [0.25, 0.3) is 0 Å². The molecule has 0 aliphatic heterocycles. The predicted molar refractivity (Wildman–Crippen MR) is 114 cm³/mol. The minimum Gasteiger partial charge on any atom is -0.321 e. The number of hydrogen-bond donors (Lipinski definition) is 1. The van der Waals surface area contributed by atoms with Crippen molar-refractivity contribution in [2.24, 2.45) is 0 Å². The molecule has 0 bridgehead atoms. The van der Waals surface area contributed by atoms with Crippen LogP contribution in [0.5, 0.6) is 0 Å². The molecule has 0 saturated heterocycles. The maximum atomic E-state index is 13.3. The topological polar surface area (TPSA) is 80.3 Å². The number of alkyl halides is 1. The van der Waals surface area contributed by atoms with Crippen LogP contribution < -0.4 is 5.32 Å². The third-order valence-corrected chi connectivity index (χ3v) is 5.36. The van der Waals surface area contributed by atoms with Gasteiger partial charge in [-0.1, -0.05) is 30.3 Å². The maximum Gasteiger partial charge on any atom is 0.255 e. The zero-order valence-corrected chi connectivity index (χ0v) is 16.8. The van der Waals surface area contributed by atoms with E-state index in [0.717, 1.165) is 12.1 Å². The molecule has 5 nitrogen and oxygen atoms in total. The fourth-order valence-electron chi connectivity index (χ4n) is 3.57. The third-order valence-electron chi connectivity index (χ3n) is 5.06. The molecular weight excluding hydrogens is 421 g/mol. The molecule has 0 saturated carbocycles. The molecule has 154 valence electrons. The number of Topliss-reactive ketones (excluding diaryl/α,β-unsaturated/α-hetero) is 1. The highest BCUT2D eigenvalue weighted by atomic mass is 35.5. The molecule has 0 aromatic heterocycles. The summed E-state index contributed by atoms with van der Waals surface area (Å²) in [5, 5.41) is 2.66. The lowest BCUT2D eigenvalue weighted by molar-refractivity contribution is -0.116. The SMILES string of the molecule is O=C(CCl)Cc1ccc2c(c1NC(=O)c1ccc(F)cc1)C(=O)c1ccccc1C2=O. The van der Waals surface area contributed by atoms with Gasteiger partial charge in [0.05, 0.1) is 17.1 Å². The van der Waals surface area contributed by atoms with Crippen LogP contribution in [0, 0.1) is 5.82 Å². The molecule has 1 aliphatic carbocycles. The van der Waals surface area contributed by atoms with Crippen molar-refractivity contribution in [1.82, 2.24) is 0 Å². The minimum atomic E-state index is -0.605. The monoisotopic (exact) mass is 435 g/mol. The number of halogens is 2. The van der Waals surface area contributed by atoms with E-state index >= 15 is 0 Å². The predicted octanol–water partition coefficient (Wildman–Crippen LogP) is 4.20. The highest BCUT2D eigenvalue weighted by Gasteiger charge is 2.33. The normalized spacial score (nSPS) is 12.2. The van der Waals surface area contributed by atoms with Gasteiger partial charge in [0.2, 0.25) is 0 Å². The highest BCUT2D eigenvalue weighted by Crippen LogP contribution is 2.35. The Balaban J connectivity index is 1.86. The number of nitrogens with one attached hydrogen (secondary N) is 1. The summed E-state index contributed by atoms with van der Waals surface area (Å²) >= 11 is 5.64. The van der Waals surface area contributed by atoms with E-state index in [4.69, 9.17) is 11.6 Å². The summed E-state index contributed by atoms with van der Waals surface area (Å²) in [5.41, 5.74) is 1.26. The first-order valence-electron chi connectivity index (χ1n) is 9.39.